The monoisotopic (exact) mass is 389 g/mol. The highest BCUT2D eigenvalue weighted by Crippen LogP contribution is 2.28. The minimum Gasteiger partial charge on any atom is -0.295 e. The Morgan fingerprint density at radius 2 is 1.86 bits per heavy atom. The molecule has 116 valence electrons. The average Bonchev–Trinajstić information content (AvgIpc) is 2.36. The van der Waals surface area contributed by atoms with Crippen LogP contribution in [0, 0.1) is 11.6 Å². The Hall–Kier alpha value is -1.80. The fraction of sp³-hybridized carbons (Fsp3) is 0.0714. The first-order chi connectivity index (χ1) is 10.2. The second-order valence-corrected chi connectivity index (χ2v) is 6.91. The molecule has 0 saturated carbocycles. The van der Waals surface area contributed by atoms with Gasteiger partial charge < -0.3 is 0 Å². The van der Waals surface area contributed by atoms with Gasteiger partial charge in [0.15, 0.2) is 5.78 Å². The molecule has 0 unspecified atom stereocenters. The van der Waals surface area contributed by atoms with Gasteiger partial charge in [-0.25, -0.2) is 17.2 Å². The number of nitrogens with one attached hydrogen (secondary N) is 1. The molecule has 0 amide bonds. The molecule has 0 bridgehead atoms. The van der Waals surface area contributed by atoms with Gasteiger partial charge in [0.05, 0.1) is 0 Å². The third-order valence-electron chi connectivity index (χ3n) is 2.75. The number of hydrogen-bond acceptors (Lipinski definition) is 3. The van der Waals surface area contributed by atoms with Crippen molar-refractivity contribution in [3.05, 3.63) is 58.1 Å². The van der Waals surface area contributed by atoms with Gasteiger partial charge in [0.1, 0.15) is 16.5 Å². The fourth-order valence-corrected chi connectivity index (χ4v) is 4.01. The molecule has 0 aromatic heterocycles. The van der Waals surface area contributed by atoms with Crippen molar-refractivity contribution in [2.24, 2.45) is 0 Å². The van der Waals surface area contributed by atoms with E-state index in [1.54, 1.807) is 0 Å². The van der Waals surface area contributed by atoms with E-state index < -0.39 is 26.6 Å². The van der Waals surface area contributed by atoms with E-state index in [2.05, 4.69) is 20.7 Å². The van der Waals surface area contributed by atoms with Gasteiger partial charge in [0.25, 0.3) is 10.0 Å². The predicted molar refractivity (Wildman–Crippen MR) is 81.3 cm³/mol. The number of anilines is 1. The maximum absolute atomic E-state index is 13.8. The third kappa shape index (κ3) is 3.50. The third-order valence-corrected chi connectivity index (χ3v) is 5.10. The zero-order valence-corrected chi connectivity index (χ0v) is 13.6. The van der Waals surface area contributed by atoms with Crippen molar-refractivity contribution in [3.8, 4) is 0 Å². The molecular weight excluding hydrogens is 380 g/mol. The standard InChI is InChI=1S/C14H10BrF2NO3S/c1-8(19)9-3-2-4-11(5-9)18-22(20,21)14-12(15)6-10(16)7-13(14)17/h2-7,18H,1H3. The van der Waals surface area contributed by atoms with Crippen LogP contribution in [0.2, 0.25) is 0 Å². The lowest BCUT2D eigenvalue weighted by Gasteiger charge is -2.11. The van der Waals surface area contributed by atoms with Crippen molar-refractivity contribution in [2.75, 3.05) is 4.72 Å². The van der Waals surface area contributed by atoms with E-state index in [0.717, 1.165) is 6.07 Å². The van der Waals surface area contributed by atoms with Crippen LogP contribution in [-0.2, 0) is 10.0 Å². The number of ketones is 1. The molecule has 0 fully saturated rings. The van der Waals surface area contributed by atoms with E-state index in [-0.39, 0.29) is 15.9 Å². The predicted octanol–water partition coefficient (Wildman–Crippen LogP) is 3.73. The Kier molecular flexibility index (Phi) is 4.62. The van der Waals surface area contributed by atoms with Crippen LogP contribution in [0.15, 0.2) is 45.8 Å². The summed E-state index contributed by atoms with van der Waals surface area (Å²) < 4.78 is 53.2. The van der Waals surface area contributed by atoms with Crippen LogP contribution in [-0.4, -0.2) is 14.2 Å². The largest absolute Gasteiger partial charge is 0.295 e. The maximum Gasteiger partial charge on any atom is 0.265 e. The van der Waals surface area contributed by atoms with Crippen LogP contribution in [0.25, 0.3) is 0 Å². The molecule has 0 aliphatic heterocycles. The Balaban J connectivity index is 2.45. The minimum absolute atomic E-state index is 0.100. The summed E-state index contributed by atoms with van der Waals surface area (Å²) >= 11 is 2.83. The van der Waals surface area contributed by atoms with Gasteiger partial charge in [-0.3, -0.25) is 9.52 Å². The summed E-state index contributed by atoms with van der Waals surface area (Å²) in [5.41, 5.74) is 0.405. The van der Waals surface area contributed by atoms with Crippen LogP contribution in [0.5, 0.6) is 0 Å². The number of rotatable bonds is 4. The summed E-state index contributed by atoms with van der Waals surface area (Å²) in [4.78, 5) is 10.6. The highest BCUT2D eigenvalue weighted by molar-refractivity contribution is 9.10. The van der Waals surface area contributed by atoms with Gasteiger partial charge in [-0.15, -0.1) is 0 Å². The number of benzene rings is 2. The Morgan fingerprint density at radius 3 is 2.45 bits per heavy atom. The summed E-state index contributed by atoms with van der Waals surface area (Å²) in [6, 6.07) is 7.09. The molecular formula is C14H10BrF2NO3S. The van der Waals surface area contributed by atoms with E-state index in [9.17, 15) is 22.0 Å². The molecule has 0 atom stereocenters. The van der Waals surface area contributed by atoms with Crippen molar-refractivity contribution >= 4 is 37.4 Å². The zero-order valence-electron chi connectivity index (χ0n) is 11.2. The molecule has 2 aromatic rings. The Bertz CT molecular complexity index is 830. The highest BCUT2D eigenvalue weighted by Gasteiger charge is 2.24. The average molecular weight is 390 g/mol. The Labute approximate surface area is 134 Å². The van der Waals surface area contributed by atoms with E-state index in [1.165, 1.54) is 31.2 Å². The smallest absolute Gasteiger partial charge is 0.265 e. The van der Waals surface area contributed by atoms with Crippen molar-refractivity contribution in [1.82, 2.24) is 0 Å². The van der Waals surface area contributed by atoms with Gasteiger partial charge >= 0.3 is 0 Å². The van der Waals surface area contributed by atoms with Gasteiger partial charge in [-0.2, -0.15) is 0 Å². The molecule has 4 nitrogen and oxygen atoms in total. The number of sulfonamides is 1. The van der Waals surface area contributed by atoms with Crippen LogP contribution in [0.4, 0.5) is 14.5 Å². The maximum atomic E-state index is 13.8. The molecule has 1 N–H and O–H groups in total. The van der Waals surface area contributed by atoms with E-state index >= 15 is 0 Å². The summed E-state index contributed by atoms with van der Waals surface area (Å²) in [5, 5.41) is 0. The van der Waals surface area contributed by atoms with Crippen molar-refractivity contribution < 1.29 is 22.0 Å². The normalized spacial score (nSPS) is 11.3. The van der Waals surface area contributed by atoms with Crippen LogP contribution >= 0.6 is 15.9 Å². The number of carbonyl (C=O) groups is 1. The second-order valence-electron chi connectivity index (χ2n) is 4.44. The van der Waals surface area contributed by atoms with Gasteiger partial charge in [-0.05, 0) is 41.1 Å². The molecule has 22 heavy (non-hydrogen) atoms. The SMILES string of the molecule is CC(=O)c1cccc(NS(=O)(=O)c2c(F)cc(F)cc2Br)c1. The summed E-state index contributed by atoms with van der Waals surface area (Å²) in [5.74, 6) is -2.36. The molecule has 0 aliphatic carbocycles. The lowest BCUT2D eigenvalue weighted by atomic mass is 10.1. The number of halogens is 3. The first-order valence-electron chi connectivity index (χ1n) is 5.99. The van der Waals surface area contributed by atoms with Crippen LogP contribution < -0.4 is 4.72 Å². The first-order valence-corrected chi connectivity index (χ1v) is 8.26. The lowest BCUT2D eigenvalue weighted by molar-refractivity contribution is 0.101. The lowest BCUT2D eigenvalue weighted by Crippen LogP contribution is -2.16. The molecule has 0 heterocycles. The first kappa shape index (κ1) is 16.6. The molecule has 2 aromatic carbocycles. The molecule has 0 aliphatic rings. The molecule has 8 heteroatoms. The van der Waals surface area contributed by atoms with Gasteiger partial charge in [0.2, 0.25) is 0 Å². The van der Waals surface area contributed by atoms with E-state index in [4.69, 9.17) is 0 Å². The van der Waals surface area contributed by atoms with Crippen LogP contribution in [0.1, 0.15) is 17.3 Å². The number of hydrogen-bond donors (Lipinski definition) is 1. The fourth-order valence-electron chi connectivity index (χ4n) is 1.79. The van der Waals surface area contributed by atoms with E-state index in [0.29, 0.717) is 11.6 Å². The summed E-state index contributed by atoms with van der Waals surface area (Å²) in [6.45, 7) is 1.34. The topological polar surface area (TPSA) is 63.2 Å². The van der Waals surface area contributed by atoms with Crippen molar-refractivity contribution in [1.29, 1.82) is 0 Å². The molecule has 2 rings (SSSR count). The molecule has 0 saturated heterocycles. The summed E-state index contributed by atoms with van der Waals surface area (Å²) in [7, 11) is -4.28. The Morgan fingerprint density at radius 1 is 1.18 bits per heavy atom. The van der Waals surface area contributed by atoms with Crippen LogP contribution in [0.3, 0.4) is 0 Å². The van der Waals surface area contributed by atoms with Gasteiger partial charge in [-0.1, -0.05) is 12.1 Å². The second kappa shape index (κ2) is 6.13. The van der Waals surface area contributed by atoms with Gasteiger partial charge in [0, 0.05) is 21.8 Å². The van der Waals surface area contributed by atoms with Crippen molar-refractivity contribution in [3.63, 3.8) is 0 Å². The zero-order chi connectivity index (χ0) is 16.5. The molecule has 0 spiro atoms. The minimum atomic E-state index is -4.28. The number of carbonyl (C=O) groups excluding carboxylic acids is 1. The highest BCUT2D eigenvalue weighted by atomic mass is 79.9. The number of Topliss-reactive ketones (excluding diaryl/α,β-unsaturated/α-hetero) is 1. The van der Waals surface area contributed by atoms with Crippen molar-refractivity contribution in [2.45, 2.75) is 11.8 Å². The molecule has 0 radical (unpaired) electrons. The summed E-state index contributed by atoms with van der Waals surface area (Å²) in [6.07, 6.45) is 0. The quantitative estimate of drug-likeness (QED) is 0.810. The van der Waals surface area contributed by atoms with E-state index in [1.807, 2.05) is 0 Å².